The predicted molar refractivity (Wildman–Crippen MR) is 104 cm³/mol. The van der Waals surface area contributed by atoms with Crippen molar-refractivity contribution in [2.75, 3.05) is 24.9 Å². The van der Waals surface area contributed by atoms with Crippen LogP contribution in [0.1, 0.15) is 10.5 Å². The molecule has 27 heavy (non-hydrogen) atoms. The molecular formula is C19H17ClN4O3. The Morgan fingerprint density at radius 3 is 2.59 bits per heavy atom. The summed E-state index contributed by atoms with van der Waals surface area (Å²) in [6.45, 7) is 0. The zero-order valence-corrected chi connectivity index (χ0v) is 15.4. The number of nitrogens with zero attached hydrogens (tertiary/aromatic N) is 2. The Hall–Kier alpha value is -3.32. The van der Waals surface area contributed by atoms with Gasteiger partial charge in [0.2, 0.25) is 0 Å². The number of hydrogen-bond donors (Lipinski definition) is 2. The summed E-state index contributed by atoms with van der Waals surface area (Å²) in [4.78, 5) is 20.8. The summed E-state index contributed by atoms with van der Waals surface area (Å²) in [5.74, 6) is 1.30. The van der Waals surface area contributed by atoms with Gasteiger partial charge in [-0.15, -0.1) is 0 Å². The molecule has 1 aromatic heterocycles. The molecule has 1 amide bonds. The van der Waals surface area contributed by atoms with E-state index in [-0.39, 0.29) is 5.69 Å². The quantitative estimate of drug-likeness (QED) is 0.664. The van der Waals surface area contributed by atoms with Gasteiger partial charge in [0.25, 0.3) is 5.91 Å². The molecule has 0 aliphatic carbocycles. The highest BCUT2D eigenvalue weighted by Crippen LogP contribution is 2.28. The van der Waals surface area contributed by atoms with E-state index < -0.39 is 5.91 Å². The van der Waals surface area contributed by atoms with Crippen LogP contribution >= 0.6 is 11.6 Å². The van der Waals surface area contributed by atoms with E-state index >= 15 is 0 Å². The highest BCUT2D eigenvalue weighted by Gasteiger charge is 2.12. The molecule has 0 saturated carbocycles. The standard InChI is InChI=1S/C19H17ClN4O3/c1-26-14-5-3-4-13(9-14)23-18-11-21-16(10-22-18)19(25)24-15-8-12(20)6-7-17(15)27-2/h3-11H,1-2H3,(H,22,23)(H,24,25). The number of ether oxygens (including phenoxy) is 2. The Balaban J connectivity index is 1.71. The lowest BCUT2D eigenvalue weighted by atomic mass is 10.2. The number of methoxy groups -OCH3 is 2. The molecule has 3 aromatic rings. The summed E-state index contributed by atoms with van der Waals surface area (Å²) in [6, 6.07) is 12.3. The Morgan fingerprint density at radius 2 is 1.89 bits per heavy atom. The fourth-order valence-corrected chi connectivity index (χ4v) is 2.49. The minimum atomic E-state index is -0.420. The first kappa shape index (κ1) is 18.5. The number of hydrogen-bond acceptors (Lipinski definition) is 6. The van der Waals surface area contributed by atoms with Crippen molar-refractivity contribution >= 4 is 34.7 Å². The third-order valence-electron chi connectivity index (χ3n) is 3.64. The second kappa shape index (κ2) is 8.37. The molecule has 7 nitrogen and oxygen atoms in total. The fraction of sp³-hybridized carbons (Fsp3) is 0.105. The van der Waals surface area contributed by atoms with Crippen molar-refractivity contribution in [2.24, 2.45) is 0 Å². The fourth-order valence-electron chi connectivity index (χ4n) is 2.32. The van der Waals surface area contributed by atoms with E-state index in [1.165, 1.54) is 19.5 Å². The lowest BCUT2D eigenvalue weighted by molar-refractivity contribution is 0.102. The molecule has 0 radical (unpaired) electrons. The number of anilines is 3. The first-order valence-electron chi connectivity index (χ1n) is 7.97. The molecule has 3 rings (SSSR count). The topological polar surface area (TPSA) is 85.4 Å². The molecular weight excluding hydrogens is 368 g/mol. The maximum absolute atomic E-state index is 12.4. The second-order valence-corrected chi connectivity index (χ2v) is 5.88. The molecule has 1 heterocycles. The maximum atomic E-state index is 12.4. The van der Waals surface area contributed by atoms with E-state index in [0.717, 1.165) is 11.4 Å². The Labute approximate surface area is 161 Å². The SMILES string of the molecule is COc1cccc(Nc2cnc(C(=O)Nc3cc(Cl)ccc3OC)cn2)c1. The van der Waals surface area contributed by atoms with Gasteiger partial charge in [-0.3, -0.25) is 4.79 Å². The van der Waals surface area contributed by atoms with E-state index in [1.807, 2.05) is 24.3 Å². The summed E-state index contributed by atoms with van der Waals surface area (Å²) >= 11 is 5.97. The molecule has 0 unspecified atom stereocenters. The van der Waals surface area contributed by atoms with Crippen LogP contribution in [0.4, 0.5) is 17.2 Å². The van der Waals surface area contributed by atoms with Crippen LogP contribution in [0.25, 0.3) is 0 Å². The Morgan fingerprint density at radius 1 is 1.04 bits per heavy atom. The Bertz CT molecular complexity index is 948. The first-order chi connectivity index (χ1) is 13.1. The highest BCUT2D eigenvalue weighted by atomic mass is 35.5. The van der Waals surface area contributed by atoms with Crippen molar-refractivity contribution in [3.05, 3.63) is 65.6 Å². The summed E-state index contributed by atoms with van der Waals surface area (Å²) in [5.41, 5.74) is 1.41. The molecule has 0 saturated heterocycles. The zero-order chi connectivity index (χ0) is 19.2. The van der Waals surface area contributed by atoms with Crippen molar-refractivity contribution in [3.63, 3.8) is 0 Å². The monoisotopic (exact) mass is 384 g/mol. The predicted octanol–water partition coefficient (Wildman–Crippen LogP) is 4.14. The number of halogens is 1. The number of nitrogens with one attached hydrogen (secondary N) is 2. The molecule has 0 bridgehead atoms. The molecule has 2 N–H and O–H groups in total. The summed E-state index contributed by atoms with van der Waals surface area (Å²) < 4.78 is 10.4. The molecule has 0 atom stereocenters. The number of benzene rings is 2. The van der Waals surface area contributed by atoms with Crippen molar-refractivity contribution in [1.29, 1.82) is 0 Å². The van der Waals surface area contributed by atoms with Crippen molar-refractivity contribution in [3.8, 4) is 11.5 Å². The third-order valence-corrected chi connectivity index (χ3v) is 3.87. The van der Waals surface area contributed by atoms with Gasteiger partial charge in [0.1, 0.15) is 23.0 Å². The molecule has 2 aromatic carbocycles. The van der Waals surface area contributed by atoms with Crippen molar-refractivity contribution in [2.45, 2.75) is 0 Å². The number of amides is 1. The van der Waals surface area contributed by atoms with Crippen LogP contribution in [0.2, 0.25) is 5.02 Å². The lowest BCUT2D eigenvalue weighted by Crippen LogP contribution is -2.15. The van der Waals surface area contributed by atoms with Gasteiger partial charge in [-0.1, -0.05) is 17.7 Å². The lowest BCUT2D eigenvalue weighted by Gasteiger charge is -2.10. The van der Waals surface area contributed by atoms with Gasteiger partial charge in [-0.25, -0.2) is 9.97 Å². The van der Waals surface area contributed by atoms with Crippen molar-refractivity contribution < 1.29 is 14.3 Å². The first-order valence-corrected chi connectivity index (χ1v) is 8.35. The summed E-state index contributed by atoms with van der Waals surface area (Å²) in [6.07, 6.45) is 2.86. The number of carbonyl (C=O) groups is 1. The Kier molecular flexibility index (Phi) is 5.73. The van der Waals surface area contributed by atoms with Gasteiger partial charge in [-0.05, 0) is 30.3 Å². The molecule has 0 aliphatic rings. The average Bonchev–Trinajstić information content (AvgIpc) is 2.69. The van der Waals surface area contributed by atoms with Crippen LogP contribution in [0, 0.1) is 0 Å². The van der Waals surface area contributed by atoms with E-state index in [9.17, 15) is 4.79 Å². The van der Waals surface area contributed by atoms with Gasteiger partial charge in [0, 0.05) is 16.8 Å². The van der Waals surface area contributed by atoms with Gasteiger partial charge >= 0.3 is 0 Å². The molecule has 8 heteroatoms. The van der Waals surface area contributed by atoms with Crippen LogP contribution in [0.5, 0.6) is 11.5 Å². The van der Waals surface area contributed by atoms with E-state index in [1.54, 1.807) is 25.3 Å². The van der Waals surface area contributed by atoms with Crippen molar-refractivity contribution in [1.82, 2.24) is 9.97 Å². The number of aromatic nitrogens is 2. The van der Waals surface area contributed by atoms with Crippen LogP contribution < -0.4 is 20.1 Å². The second-order valence-electron chi connectivity index (χ2n) is 5.44. The molecule has 138 valence electrons. The van der Waals surface area contributed by atoms with E-state index in [2.05, 4.69) is 20.6 Å². The van der Waals surface area contributed by atoms with Gasteiger partial charge < -0.3 is 20.1 Å². The highest BCUT2D eigenvalue weighted by molar-refractivity contribution is 6.31. The van der Waals surface area contributed by atoms with Gasteiger partial charge in [0.05, 0.1) is 32.3 Å². The van der Waals surface area contributed by atoms with Gasteiger partial charge in [-0.2, -0.15) is 0 Å². The number of carbonyl (C=O) groups excluding carboxylic acids is 1. The van der Waals surface area contributed by atoms with E-state index in [0.29, 0.717) is 22.3 Å². The normalized spacial score (nSPS) is 10.2. The molecule has 0 fully saturated rings. The van der Waals surface area contributed by atoms with Gasteiger partial charge in [0.15, 0.2) is 0 Å². The van der Waals surface area contributed by atoms with Crippen LogP contribution in [0.15, 0.2) is 54.9 Å². The minimum absolute atomic E-state index is 0.160. The zero-order valence-electron chi connectivity index (χ0n) is 14.7. The average molecular weight is 385 g/mol. The van der Waals surface area contributed by atoms with E-state index in [4.69, 9.17) is 21.1 Å². The minimum Gasteiger partial charge on any atom is -0.497 e. The smallest absolute Gasteiger partial charge is 0.275 e. The van der Waals surface area contributed by atoms with Crippen LogP contribution in [-0.2, 0) is 0 Å². The largest absolute Gasteiger partial charge is 0.497 e. The third kappa shape index (κ3) is 4.65. The molecule has 0 aliphatic heterocycles. The number of rotatable bonds is 6. The summed E-state index contributed by atoms with van der Waals surface area (Å²) in [7, 11) is 3.11. The summed E-state index contributed by atoms with van der Waals surface area (Å²) in [5, 5.41) is 6.29. The van der Waals surface area contributed by atoms with Crippen LogP contribution in [-0.4, -0.2) is 30.1 Å². The maximum Gasteiger partial charge on any atom is 0.275 e. The molecule has 0 spiro atoms. The van der Waals surface area contributed by atoms with Crippen LogP contribution in [0.3, 0.4) is 0 Å².